The van der Waals surface area contributed by atoms with Crippen LogP contribution in [-0.4, -0.2) is 0 Å². The van der Waals surface area contributed by atoms with Crippen LogP contribution >= 0.6 is 0 Å². The fourth-order valence-electron chi connectivity index (χ4n) is 1.23. The zero-order valence-corrected chi connectivity index (χ0v) is 5.06. The molecule has 0 spiro atoms. The summed E-state index contributed by atoms with van der Waals surface area (Å²) < 4.78 is 0. The molecular weight excluding hydrogens is 110 g/mol. The predicted octanol–water partition coefficient (Wildman–Crippen LogP) is 2.73. The van der Waals surface area contributed by atoms with E-state index in [4.69, 9.17) is 5.26 Å². The van der Waals surface area contributed by atoms with E-state index in [0.29, 0.717) is 5.92 Å². The molecule has 0 amide bonds. The van der Waals surface area contributed by atoms with Crippen molar-refractivity contribution in [2.75, 3.05) is 0 Å². The zero-order chi connectivity index (χ0) is 5.82. The van der Waals surface area contributed by atoms with E-state index < -0.39 is 0 Å². The Morgan fingerprint density at radius 2 is 1.67 bits per heavy atom. The van der Waals surface area contributed by atoms with Crippen LogP contribution in [0.15, 0.2) is 0 Å². The first kappa shape index (κ1) is 8.49. The van der Waals surface area contributed by atoms with E-state index in [1.807, 2.05) is 0 Å². The maximum Gasteiger partial charge on any atom is 0.0655 e. The summed E-state index contributed by atoms with van der Waals surface area (Å²) in [6, 6.07) is 2.30. The molecule has 1 aliphatic rings. The molecule has 0 atom stereocenters. The van der Waals surface area contributed by atoms with Crippen molar-refractivity contribution < 1.29 is 0 Å². The highest BCUT2D eigenvalue weighted by Gasteiger charge is 2.10. The molecule has 52 valence electrons. The molecule has 1 nitrogen and oxygen atoms in total. The van der Waals surface area contributed by atoms with Crippen LogP contribution in [0.1, 0.15) is 39.5 Å². The lowest BCUT2D eigenvalue weighted by atomic mass is 9.91. The molecule has 0 unspecified atom stereocenters. The average Bonchev–Trinajstić information content (AvgIpc) is 1.90. The SMILES string of the molecule is C.N#CC1CCCCC1. The van der Waals surface area contributed by atoms with Crippen LogP contribution in [0.4, 0.5) is 0 Å². The highest BCUT2D eigenvalue weighted by molar-refractivity contribution is 4.84. The van der Waals surface area contributed by atoms with E-state index in [1.165, 1.54) is 19.3 Å². The maximum atomic E-state index is 8.44. The Balaban J connectivity index is 0.000000640. The Kier molecular flexibility index (Phi) is 4.13. The second kappa shape index (κ2) is 4.38. The first-order valence-electron chi connectivity index (χ1n) is 3.33. The Labute approximate surface area is 57.7 Å². The van der Waals surface area contributed by atoms with Gasteiger partial charge in [-0.1, -0.05) is 26.7 Å². The first-order valence-corrected chi connectivity index (χ1v) is 3.33. The molecule has 0 aliphatic heterocycles. The summed E-state index contributed by atoms with van der Waals surface area (Å²) in [6.45, 7) is 0. The molecule has 1 fully saturated rings. The van der Waals surface area contributed by atoms with Gasteiger partial charge in [-0.05, 0) is 12.8 Å². The Morgan fingerprint density at radius 1 is 1.11 bits per heavy atom. The average molecular weight is 125 g/mol. The topological polar surface area (TPSA) is 23.8 Å². The summed E-state index contributed by atoms with van der Waals surface area (Å²) in [4.78, 5) is 0. The number of hydrogen-bond donors (Lipinski definition) is 0. The molecule has 9 heavy (non-hydrogen) atoms. The van der Waals surface area contributed by atoms with E-state index in [0.717, 1.165) is 12.8 Å². The molecule has 1 saturated carbocycles. The standard InChI is InChI=1S/C7H11N.CH4/c8-6-7-4-2-1-3-5-7;/h7H,1-5H2;1H4. The Hall–Kier alpha value is -0.510. The van der Waals surface area contributed by atoms with Crippen molar-refractivity contribution in [3.05, 3.63) is 0 Å². The summed E-state index contributed by atoms with van der Waals surface area (Å²) in [7, 11) is 0. The second-order valence-corrected chi connectivity index (χ2v) is 2.46. The van der Waals surface area contributed by atoms with Gasteiger partial charge < -0.3 is 0 Å². The van der Waals surface area contributed by atoms with Gasteiger partial charge in [0.2, 0.25) is 0 Å². The summed E-state index contributed by atoms with van der Waals surface area (Å²) in [5, 5.41) is 8.44. The molecule has 1 heteroatoms. The van der Waals surface area contributed by atoms with E-state index >= 15 is 0 Å². The third-order valence-corrected chi connectivity index (χ3v) is 1.79. The summed E-state index contributed by atoms with van der Waals surface area (Å²) in [5.74, 6) is 0.392. The molecule has 0 bridgehead atoms. The minimum atomic E-state index is 0. The normalized spacial score (nSPS) is 19.9. The molecule has 0 heterocycles. The molecular formula is C8H15N. The lowest BCUT2D eigenvalue weighted by Crippen LogP contribution is -2.02. The van der Waals surface area contributed by atoms with Gasteiger partial charge in [0.1, 0.15) is 0 Å². The molecule has 1 rings (SSSR count). The fraction of sp³-hybridized carbons (Fsp3) is 0.875. The molecule has 0 saturated heterocycles. The summed E-state index contributed by atoms with van der Waals surface area (Å²) in [6.07, 6.45) is 6.20. The van der Waals surface area contributed by atoms with E-state index in [9.17, 15) is 0 Å². The third-order valence-electron chi connectivity index (χ3n) is 1.79. The van der Waals surface area contributed by atoms with Crippen LogP contribution < -0.4 is 0 Å². The molecule has 0 aromatic rings. The van der Waals surface area contributed by atoms with Gasteiger partial charge in [-0.15, -0.1) is 0 Å². The van der Waals surface area contributed by atoms with Crippen LogP contribution in [0.25, 0.3) is 0 Å². The number of rotatable bonds is 0. The number of nitriles is 1. The highest BCUT2D eigenvalue weighted by Crippen LogP contribution is 2.22. The van der Waals surface area contributed by atoms with Crippen molar-refractivity contribution in [2.24, 2.45) is 5.92 Å². The maximum absolute atomic E-state index is 8.44. The third kappa shape index (κ3) is 2.51. The van der Waals surface area contributed by atoms with Crippen LogP contribution in [0, 0.1) is 17.2 Å². The lowest BCUT2D eigenvalue weighted by molar-refractivity contribution is 0.427. The lowest BCUT2D eigenvalue weighted by Gasteiger charge is -2.13. The van der Waals surface area contributed by atoms with Crippen molar-refractivity contribution >= 4 is 0 Å². The first-order chi connectivity index (χ1) is 3.93. The van der Waals surface area contributed by atoms with Crippen LogP contribution in [-0.2, 0) is 0 Å². The van der Waals surface area contributed by atoms with Crippen molar-refractivity contribution in [1.82, 2.24) is 0 Å². The van der Waals surface area contributed by atoms with Crippen molar-refractivity contribution in [3.63, 3.8) is 0 Å². The summed E-state index contributed by atoms with van der Waals surface area (Å²) >= 11 is 0. The van der Waals surface area contributed by atoms with E-state index in [1.54, 1.807) is 0 Å². The quantitative estimate of drug-likeness (QED) is 0.488. The highest BCUT2D eigenvalue weighted by atomic mass is 14.3. The monoisotopic (exact) mass is 125 g/mol. The van der Waals surface area contributed by atoms with Gasteiger partial charge in [0.25, 0.3) is 0 Å². The Bertz CT molecular complexity index is 95.6. The van der Waals surface area contributed by atoms with Gasteiger partial charge in [0.05, 0.1) is 6.07 Å². The fourth-order valence-corrected chi connectivity index (χ4v) is 1.23. The largest absolute Gasteiger partial charge is 0.198 e. The van der Waals surface area contributed by atoms with Crippen LogP contribution in [0.2, 0.25) is 0 Å². The van der Waals surface area contributed by atoms with Gasteiger partial charge in [-0.25, -0.2) is 0 Å². The van der Waals surface area contributed by atoms with Gasteiger partial charge in [-0.3, -0.25) is 0 Å². The van der Waals surface area contributed by atoms with Crippen molar-refractivity contribution in [3.8, 4) is 6.07 Å². The van der Waals surface area contributed by atoms with Gasteiger partial charge in [-0.2, -0.15) is 5.26 Å². The molecule has 1 aliphatic carbocycles. The molecule has 0 aromatic carbocycles. The zero-order valence-electron chi connectivity index (χ0n) is 5.06. The number of hydrogen-bond acceptors (Lipinski definition) is 1. The van der Waals surface area contributed by atoms with Crippen LogP contribution in [0.5, 0.6) is 0 Å². The van der Waals surface area contributed by atoms with Crippen molar-refractivity contribution in [2.45, 2.75) is 39.5 Å². The van der Waals surface area contributed by atoms with Gasteiger partial charge >= 0.3 is 0 Å². The van der Waals surface area contributed by atoms with E-state index in [-0.39, 0.29) is 7.43 Å². The van der Waals surface area contributed by atoms with Gasteiger partial charge in [0.15, 0.2) is 0 Å². The molecule has 0 radical (unpaired) electrons. The molecule has 0 aromatic heterocycles. The number of nitrogens with zero attached hydrogens (tertiary/aromatic N) is 1. The smallest absolute Gasteiger partial charge is 0.0655 e. The van der Waals surface area contributed by atoms with Gasteiger partial charge in [0, 0.05) is 5.92 Å². The second-order valence-electron chi connectivity index (χ2n) is 2.46. The van der Waals surface area contributed by atoms with E-state index in [2.05, 4.69) is 6.07 Å². The molecule has 0 N–H and O–H groups in total. The summed E-state index contributed by atoms with van der Waals surface area (Å²) in [5.41, 5.74) is 0. The minimum absolute atomic E-state index is 0. The predicted molar refractivity (Wildman–Crippen MR) is 38.9 cm³/mol. The van der Waals surface area contributed by atoms with Crippen LogP contribution in [0.3, 0.4) is 0 Å². The Morgan fingerprint density at radius 3 is 2.00 bits per heavy atom. The minimum Gasteiger partial charge on any atom is -0.198 e. The van der Waals surface area contributed by atoms with Crippen molar-refractivity contribution in [1.29, 1.82) is 5.26 Å².